The van der Waals surface area contributed by atoms with Gasteiger partial charge in [0.2, 0.25) is 0 Å². The molecular weight excluding hydrogens is 218 g/mol. The molecule has 1 N–H and O–H groups in total. The molecule has 0 aliphatic heterocycles. The van der Waals surface area contributed by atoms with Gasteiger partial charge in [-0.2, -0.15) is 0 Å². The van der Waals surface area contributed by atoms with E-state index in [4.69, 9.17) is 0 Å². The fourth-order valence-corrected chi connectivity index (χ4v) is 3.05. The van der Waals surface area contributed by atoms with Gasteiger partial charge < -0.3 is 4.98 Å². The smallest absolute Gasteiger partial charge is 0.0184 e. The lowest BCUT2D eigenvalue weighted by atomic mass is 9.98. The Kier molecular flexibility index (Phi) is 4.46. The van der Waals surface area contributed by atoms with Crippen molar-refractivity contribution in [3.8, 4) is 0 Å². The Hall–Kier alpha value is -1.24. The van der Waals surface area contributed by atoms with Gasteiger partial charge in [0, 0.05) is 11.4 Å². The van der Waals surface area contributed by atoms with Crippen LogP contribution in [0.3, 0.4) is 0 Å². The summed E-state index contributed by atoms with van der Waals surface area (Å²) in [6.07, 6.45) is 14.8. The SMILES string of the molecule is CCc1[nH]c(CCC2C=CC=C2)c(CC)c1CC. The lowest BCUT2D eigenvalue weighted by molar-refractivity contribution is 0.700. The molecule has 1 aliphatic carbocycles. The molecule has 98 valence electrons. The highest BCUT2D eigenvalue weighted by Crippen LogP contribution is 2.24. The molecular formula is C17H25N. The van der Waals surface area contributed by atoms with Crippen LogP contribution in [0.25, 0.3) is 0 Å². The molecule has 1 nitrogen and oxygen atoms in total. The van der Waals surface area contributed by atoms with E-state index in [9.17, 15) is 0 Å². The van der Waals surface area contributed by atoms with Crippen LogP contribution in [0.2, 0.25) is 0 Å². The van der Waals surface area contributed by atoms with Crippen molar-refractivity contribution in [3.05, 3.63) is 46.8 Å². The maximum Gasteiger partial charge on any atom is 0.0184 e. The number of rotatable bonds is 6. The number of hydrogen-bond donors (Lipinski definition) is 1. The van der Waals surface area contributed by atoms with Gasteiger partial charge in [-0.05, 0) is 49.1 Å². The summed E-state index contributed by atoms with van der Waals surface area (Å²) in [5, 5.41) is 0. The van der Waals surface area contributed by atoms with E-state index in [0.717, 1.165) is 19.3 Å². The second kappa shape index (κ2) is 6.08. The number of aryl methyl sites for hydroxylation is 2. The van der Waals surface area contributed by atoms with Crippen molar-refractivity contribution < 1.29 is 0 Å². The lowest BCUT2D eigenvalue weighted by Gasteiger charge is -2.06. The second-order valence-corrected chi connectivity index (χ2v) is 5.07. The second-order valence-electron chi connectivity index (χ2n) is 5.07. The molecule has 1 heterocycles. The third-order valence-electron chi connectivity index (χ3n) is 4.01. The molecule has 0 spiro atoms. The maximum absolute atomic E-state index is 3.68. The first-order valence-electron chi connectivity index (χ1n) is 7.36. The number of aromatic amines is 1. The lowest BCUT2D eigenvalue weighted by Crippen LogP contribution is -1.97. The maximum atomic E-state index is 3.68. The first-order valence-corrected chi connectivity index (χ1v) is 7.36. The summed E-state index contributed by atoms with van der Waals surface area (Å²) in [4.78, 5) is 3.68. The molecule has 0 bridgehead atoms. The van der Waals surface area contributed by atoms with E-state index >= 15 is 0 Å². The number of allylic oxidation sites excluding steroid dienone is 4. The van der Waals surface area contributed by atoms with Crippen LogP contribution >= 0.6 is 0 Å². The zero-order chi connectivity index (χ0) is 13.0. The Balaban J connectivity index is 2.13. The van der Waals surface area contributed by atoms with Crippen LogP contribution in [-0.4, -0.2) is 4.98 Å². The Labute approximate surface area is 111 Å². The molecule has 0 aromatic carbocycles. The largest absolute Gasteiger partial charge is 0.362 e. The fourth-order valence-electron chi connectivity index (χ4n) is 3.05. The zero-order valence-electron chi connectivity index (χ0n) is 11.9. The predicted molar refractivity (Wildman–Crippen MR) is 79.0 cm³/mol. The standard InChI is InChI=1S/C17H25N/c1-4-14-15(5-2)17(18-16(14)6-3)12-11-13-9-7-8-10-13/h7-10,13,18H,4-6,11-12H2,1-3H3. The first-order chi connectivity index (χ1) is 8.80. The van der Waals surface area contributed by atoms with Gasteiger partial charge in [-0.3, -0.25) is 0 Å². The van der Waals surface area contributed by atoms with Gasteiger partial charge in [0.25, 0.3) is 0 Å². The van der Waals surface area contributed by atoms with E-state index in [2.05, 4.69) is 50.1 Å². The quantitative estimate of drug-likeness (QED) is 0.763. The summed E-state index contributed by atoms with van der Waals surface area (Å²) in [6.45, 7) is 6.80. The molecule has 0 unspecified atom stereocenters. The number of H-pyrrole nitrogens is 1. The molecule has 0 saturated carbocycles. The van der Waals surface area contributed by atoms with Crippen molar-refractivity contribution in [1.29, 1.82) is 0 Å². The minimum Gasteiger partial charge on any atom is -0.362 e. The summed E-state index contributed by atoms with van der Waals surface area (Å²) in [5.74, 6) is 0.646. The monoisotopic (exact) mass is 243 g/mol. The molecule has 0 atom stereocenters. The average Bonchev–Trinajstić information content (AvgIpc) is 3.02. The Morgan fingerprint density at radius 1 is 0.889 bits per heavy atom. The van der Waals surface area contributed by atoms with Crippen LogP contribution in [0.1, 0.15) is 49.7 Å². The van der Waals surface area contributed by atoms with Crippen molar-refractivity contribution in [2.45, 2.75) is 52.9 Å². The third kappa shape index (κ3) is 2.60. The molecule has 2 rings (SSSR count). The van der Waals surface area contributed by atoms with Crippen LogP contribution in [0.15, 0.2) is 24.3 Å². The van der Waals surface area contributed by atoms with E-state index in [0.29, 0.717) is 5.92 Å². The van der Waals surface area contributed by atoms with Gasteiger partial charge in [-0.25, -0.2) is 0 Å². The molecule has 1 aromatic heterocycles. The predicted octanol–water partition coefficient (Wildman–Crippen LogP) is 4.38. The molecule has 0 amide bonds. The molecule has 18 heavy (non-hydrogen) atoms. The summed E-state index contributed by atoms with van der Waals surface area (Å²) in [5.41, 5.74) is 6.11. The molecule has 1 aromatic rings. The van der Waals surface area contributed by atoms with E-state index in [-0.39, 0.29) is 0 Å². The fraction of sp³-hybridized carbons (Fsp3) is 0.529. The van der Waals surface area contributed by atoms with E-state index in [1.54, 1.807) is 11.1 Å². The highest BCUT2D eigenvalue weighted by Gasteiger charge is 2.14. The van der Waals surface area contributed by atoms with Gasteiger partial charge in [-0.1, -0.05) is 45.1 Å². The van der Waals surface area contributed by atoms with Crippen molar-refractivity contribution in [1.82, 2.24) is 4.98 Å². The van der Waals surface area contributed by atoms with Crippen molar-refractivity contribution in [3.63, 3.8) is 0 Å². The third-order valence-corrected chi connectivity index (χ3v) is 4.01. The van der Waals surface area contributed by atoms with Gasteiger partial charge in [-0.15, -0.1) is 0 Å². The molecule has 0 saturated heterocycles. The normalized spacial score (nSPS) is 14.8. The minimum atomic E-state index is 0.646. The molecule has 0 radical (unpaired) electrons. The number of nitrogens with one attached hydrogen (secondary N) is 1. The Bertz CT molecular complexity index is 436. The summed E-state index contributed by atoms with van der Waals surface area (Å²) in [6, 6.07) is 0. The van der Waals surface area contributed by atoms with Gasteiger partial charge in [0.1, 0.15) is 0 Å². The van der Waals surface area contributed by atoms with E-state index in [1.807, 2.05) is 0 Å². The Morgan fingerprint density at radius 3 is 2.06 bits per heavy atom. The topological polar surface area (TPSA) is 15.8 Å². The average molecular weight is 243 g/mol. The van der Waals surface area contributed by atoms with Crippen molar-refractivity contribution in [2.75, 3.05) is 0 Å². The van der Waals surface area contributed by atoms with Crippen LogP contribution in [0, 0.1) is 5.92 Å². The minimum absolute atomic E-state index is 0.646. The molecule has 1 aliphatic rings. The Morgan fingerprint density at radius 2 is 1.50 bits per heavy atom. The summed E-state index contributed by atoms with van der Waals surface area (Å²) < 4.78 is 0. The number of aromatic nitrogens is 1. The highest BCUT2D eigenvalue weighted by molar-refractivity contribution is 5.37. The van der Waals surface area contributed by atoms with Crippen molar-refractivity contribution in [2.24, 2.45) is 5.92 Å². The van der Waals surface area contributed by atoms with E-state index < -0.39 is 0 Å². The van der Waals surface area contributed by atoms with Gasteiger partial charge in [0.15, 0.2) is 0 Å². The van der Waals surface area contributed by atoms with Crippen molar-refractivity contribution >= 4 is 0 Å². The van der Waals surface area contributed by atoms with Crippen LogP contribution < -0.4 is 0 Å². The zero-order valence-corrected chi connectivity index (χ0v) is 11.9. The van der Waals surface area contributed by atoms with E-state index in [1.165, 1.54) is 24.2 Å². The van der Waals surface area contributed by atoms with Gasteiger partial charge >= 0.3 is 0 Å². The highest BCUT2D eigenvalue weighted by atomic mass is 14.7. The number of hydrogen-bond acceptors (Lipinski definition) is 0. The summed E-state index contributed by atoms with van der Waals surface area (Å²) >= 11 is 0. The molecule has 0 fully saturated rings. The van der Waals surface area contributed by atoms with Crippen LogP contribution in [0.4, 0.5) is 0 Å². The van der Waals surface area contributed by atoms with Gasteiger partial charge in [0.05, 0.1) is 0 Å². The molecule has 1 heteroatoms. The van der Waals surface area contributed by atoms with Crippen LogP contribution in [0.5, 0.6) is 0 Å². The summed E-state index contributed by atoms with van der Waals surface area (Å²) in [7, 11) is 0. The van der Waals surface area contributed by atoms with Crippen LogP contribution in [-0.2, 0) is 25.7 Å². The first kappa shape index (κ1) is 13.2.